The van der Waals surface area contributed by atoms with E-state index in [0.29, 0.717) is 12.0 Å². The summed E-state index contributed by atoms with van der Waals surface area (Å²) in [6.45, 7) is 9.05. The van der Waals surface area contributed by atoms with Gasteiger partial charge in [0.05, 0.1) is 0 Å². The highest BCUT2D eigenvalue weighted by molar-refractivity contribution is 6.30. The first-order valence-electron chi connectivity index (χ1n) is 7.20. The number of hydrogen-bond acceptors (Lipinski definition) is 2. The van der Waals surface area contributed by atoms with Gasteiger partial charge in [0.25, 0.3) is 0 Å². The van der Waals surface area contributed by atoms with E-state index in [-0.39, 0.29) is 0 Å². The molecule has 0 amide bonds. The molecule has 0 aromatic heterocycles. The van der Waals surface area contributed by atoms with Gasteiger partial charge in [0, 0.05) is 30.8 Å². The van der Waals surface area contributed by atoms with E-state index in [1.54, 1.807) is 0 Å². The van der Waals surface area contributed by atoms with Crippen molar-refractivity contribution in [2.75, 3.05) is 19.8 Å². The lowest BCUT2D eigenvalue weighted by Crippen LogP contribution is -2.28. The molecule has 3 heteroatoms. The summed E-state index contributed by atoms with van der Waals surface area (Å²) >= 11 is 5.95. The zero-order valence-corrected chi connectivity index (χ0v) is 13.0. The minimum absolute atomic E-state index is 0.515. The van der Waals surface area contributed by atoms with Crippen molar-refractivity contribution in [2.45, 2.75) is 45.6 Å². The molecule has 1 atom stereocenters. The summed E-state index contributed by atoms with van der Waals surface area (Å²) in [5, 5.41) is 4.33. The van der Waals surface area contributed by atoms with Crippen LogP contribution in [0, 0.1) is 0 Å². The molecule has 0 bridgehead atoms. The van der Waals surface area contributed by atoms with Gasteiger partial charge in [-0.3, -0.25) is 0 Å². The average molecular weight is 284 g/mol. The Morgan fingerprint density at radius 2 is 1.89 bits per heavy atom. The van der Waals surface area contributed by atoms with Gasteiger partial charge in [-0.15, -0.1) is 0 Å². The zero-order valence-electron chi connectivity index (χ0n) is 12.3. The number of nitrogens with one attached hydrogen (secondary N) is 1. The lowest BCUT2D eigenvalue weighted by Gasteiger charge is -2.20. The highest BCUT2D eigenvalue weighted by atomic mass is 35.5. The van der Waals surface area contributed by atoms with Crippen LogP contribution >= 0.6 is 11.6 Å². The second-order valence-corrected chi connectivity index (χ2v) is 5.59. The normalized spacial score (nSPS) is 12.9. The molecule has 2 nitrogen and oxygen atoms in total. The first kappa shape index (κ1) is 16.5. The third-order valence-electron chi connectivity index (χ3n) is 3.16. The molecule has 1 aromatic rings. The van der Waals surface area contributed by atoms with Crippen LogP contribution in [0.3, 0.4) is 0 Å². The molecule has 0 heterocycles. The molecule has 0 saturated carbocycles. The topological polar surface area (TPSA) is 21.3 Å². The Bertz CT molecular complexity index is 337. The van der Waals surface area contributed by atoms with Crippen molar-refractivity contribution in [1.29, 1.82) is 0 Å². The molecule has 0 aliphatic carbocycles. The van der Waals surface area contributed by atoms with E-state index in [1.807, 2.05) is 19.1 Å². The van der Waals surface area contributed by atoms with Gasteiger partial charge in [-0.2, -0.15) is 0 Å². The summed E-state index contributed by atoms with van der Waals surface area (Å²) in [5.41, 5.74) is 1.36. The van der Waals surface area contributed by atoms with E-state index in [9.17, 15) is 0 Å². The van der Waals surface area contributed by atoms with Crippen LogP contribution < -0.4 is 5.32 Å². The largest absolute Gasteiger partial charge is 0.382 e. The van der Waals surface area contributed by atoms with Crippen LogP contribution in [0.4, 0.5) is 0 Å². The molecule has 0 aliphatic heterocycles. The number of halogens is 1. The van der Waals surface area contributed by atoms with E-state index in [0.717, 1.165) is 37.6 Å². The van der Waals surface area contributed by atoms with Crippen LogP contribution in [0.25, 0.3) is 0 Å². The van der Waals surface area contributed by atoms with Crippen molar-refractivity contribution >= 4 is 11.6 Å². The predicted molar refractivity (Wildman–Crippen MR) is 83.1 cm³/mol. The lowest BCUT2D eigenvalue weighted by atomic mass is 9.94. The molecular weight excluding hydrogens is 258 g/mol. The lowest BCUT2D eigenvalue weighted by molar-refractivity contribution is 0.141. The molecule has 19 heavy (non-hydrogen) atoms. The maximum absolute atomic E-state index is 5.95. The monoisotopic (exact) mass is 283 g/mol. The highest BCUT2D eigenvalue weighted by Gasteiger charge is 2.11. The van der Waals surface area contributed by atoms with Crippen molar-refractivity contribution in [2.24, 2.45) is 0 Å². The Hall–Kier alpha value is -0.570. The van der Waals surface area contributed by atoms with Crippen molar-refractivity contribution in [3.63, 3.8) is 0 Å². The minimum atomic E-state index is 0.515. The Labute approximate surface area is 122 Å². The van der Waals surface area contributed by atoms with Crippen LogP contribution in [0.15, 0.2) is 24.3 Å². The first-order chi connectivity index (χ1) is 9.13. The molecule has 0 saturated heterocycles. The van der Waals surface area contributed by atoms with E-state index in [2.05, 4.69) is 31.3 Å². The molecular formula is C16H26ClNO. The standard InChI is InChI=1S/C16H26ClNO/c1-4-19-11-5-6-15(12-18-13(2)3)14-7-9-16(17)10-8-14/h7-10,13,15,18H,4-6,11-12H2,1-3H3. The Balaban J connectivity index is 2.54. The Kier molecular flexibility index (Phi) is 8.11. The van der Waals surface area contributed by atoms with Gasteiger partial charge in [0.15, 0.2) is 0 Å². The fraction of sp³-hybridized carbons (Fsp3) is 0.625. The summed E-state index contributed by atoms with van der Waals surface area (Å²) in [5.74, 6) is 0.528. The van der Waals surface area contributed by atoms with Crippen molar-refractivity contribution in [3.05, 3.63) is 34.9 Å². The van der Waals surface area contributed by atoms with Crippen LogP contribution in [0.1, 0.15) is 45.1 Å². The third kappa shape index (κ3) is 6.95. The van der Waals surface area contributed by atoms with Gasteiger partial charge >= 0.3 is 0 Å². The maximum atomic E-state index is 5.95. The summed E-state index contributed by atoms with van der Waals surface area (Å²) in [4.78, 5) is 0. The van der Waals surface area contributed by atoms with Crippen LogP contribution in [-0.2, 0) is 4.74 Å². The molecule has 0 aliphatic rings. The molecule has 0 spiro atoms. The van der Waals surface area contributed by atoms with E-state index in [1.165, 1.54) is 5.56 Å². The quantitative estimate of drug-likeness (QED) is 0.685. The molecule has 0 radical (unpaired) electrons. The van der Waals surface area contributed by atoms with Crippen LogP contribution in [-0.4, -0.2) is 25.8 Å². The Morgan fingerprint density at radius 1 is 1.21 bits per heavy atom. The first-order valence-corrected chi connectivity index (χ1v) is 7.57. The SMILES string of the molecule is CCOCCCC(CNC(C)C)c1ccc(Cl)cc1. The fourth-order valence-electron chi connectivity index (χ4n) is 2.08. The van der Waals surface area contributed by atoms with E-state index < -0.39 is 0 Å². The summed E-state index contributed by atoms with van der Waals surface area (Å²) in [6.07, 6.45) is 2.24. The molecule has 1 rings (SSSR count). The van der Waals surface area contributed by atoms with E-state index in [4.69, 9.17) is 16.3 Å². The van der Waals surface area contributed by atoms with Crippen LogP contribution in [0.2, 0.25) is 5.02 Å². The predicted octanol–water partition coefficient (Wildman–Crippen LogP) is 4.24. The molecule has 1 aromatic carbocycles. The van der Waals surface area contributed by atoms with Crippen molar-refractivity contribution in [1.82, 2.24) is 5.32 Å². The van der Waals surface area contributed by atoms with Gasteiger partial charge in [-0.1, -0.05) is 37.6 Å². The van der Waals surface area contributed by atoms with Gasteiger partial charge in [0.2, 0.25) is 0 Å². The smallest absolute Gasteiger partial charge is 0.0466 e. The van der Waals surface area contributed by atoms with E-state index >= 15 is 0 Å². The number of benzene rings is 1. The molecule has 1 N–H and O–H groups in total. The number of ether oxygens (including phenoxy) is 1. The maximum Gasteiger partial charge on any atom is 0.0466 e. The summed E-state index contributed by atoms with van der Waals surface area (Å²) < 4.78 is 5.42. The molecule has 1 unspecified atom stereocenters. The van der Waals surface area contributed by atoms with Gasteiger partial charge < -0.3 is 10.1 Å². The number of hydrogen-bond donors (Lipinski definition) is 1. The highest BCUT2D eigenvalue weighted by Crippen LogP contribution is 2.22. The van der Waals surface area contributed by atoms with Gasteiger partial charge in [-0.25, -0.2) is 0 Å². The summed E-state index contributed by atoms with van der Waals surface area (Å²) in [6, 6.07) is 8.73. The second kappa shape index (κ2) is 9.35. The number of rotatable bonds is 9. The molecule has 108 valence electrons. The third-order valence-corrected chi connectivity index (χ3v) is 3.41. The fourth-order valence-corrected chi connectivity index (χ4v) is 2.20. The van der Waals surface area contributed by atoms with Crippen molar-refractivity contribution in [3.8, 4) is 0 Å². The summed E-state index contributed by atoms with van der Waals surface area (Å²) in [7, 11) is 0. The van der Waals surface area contributed by atoms with Gasteiger partial charge in [0.1, 0.15) is 0 Å². The average Bonchev–Trinajstić information content (AvgIpc) is 2.39. The molecule has 0 fully saturated rings. The van der Waals surface area contributed by atoms with Crippen molar-refractivity contribution < 1.29 is 4.74 Å². The van der Waals surface area contributed by atoms with Crippen LogP contribution in [0.5, 0.6) is 0 Å². The van der Waals surface area contributed by atoms with Gasteiger partial charge in [-0.05, 0) is 43.4 Å². The second-order valence-electron chi connectivity index (χ2n) is 5.15. The minimum Gasteiger partial charge on any atom is -0.382 e. The zero-order chi connectivity index (χ0) is 14.1. The Morgan fingerprint density at radius 3 is 2.47 bits per heavy atom.